The Morgan fingerprint density at radius 2 is 2.06 bits per heavy atom. The van der Waals surface area contributed by atoms with Crippen molar-refractivity contribution in [2.24, 2.45) is 5.41 Å². The van der Waals surface area contributed by atoms with Crippen LogP contribution in [0, 0.1) is 11.2 Å². The molecule has 2 aromatic carbocycles. The van der Waals surface area contributed by atoms with Gasteiger partial charge in [-0.3, -0.25) is 4.79 Å². The van der Waals surface area contributed by atoms with Gasteiger partial charge < -0.3 is 14.8 Å². The van der Waals surface area contributed by atoms with Crippen molar-refractivity contribution in [2.75, 3.05) is 12.4 Å². The summed E-state index contributed by atoms with van der Waals surface area (Å²) in [6.07, 6.45) is 2.66. The summed E-state index contributed by atoms with van der Waals surface area (Å²) in [5, 5.41) is 7.97. The van der Waals surface area contributed by atoms with Gasteiger partial charge in [0.2, 0.25) is 5.95 Å². The van der Waals surface area contributed by atoms with E-state index >= 15 is 0 Å². The van der Waals surface area contributed by atoms with Gasteiger partial charge in [-0.25, -0.2) is 9.07 Å². The van der Waals surface area contributed by atoms with Crippen LogP contribution in [0.3, 0.4) is 0 Å². The number of carbonyl (C=O) groups is 1. The number of ketones is 1. The molecule has 9 heteroatoms. The number of rotatable bonds is 5. The first-order valence-corrected chi connectivity index (χ1v) is 11.3. The van der Waals surface area contributed by atoms with E-state index in [4.69, 9.17) is 21.1 Å². The van der Waals surface area contributed by atoms with Crippen LogP contribution in [0.2, 0.25) is 5.02 Å². The number of Topliss-reactive ketones (excluding diaryl/α,β-unsaturated/α-hetero) is 1. The second kappa shape index (κ2) is 8.43. The number of nitrogens with one attached hydrogen (secondary N) is 1. The molecule has 2 heterocycles. The number of allylic oxidation sites excluding steroid dienone is 2. The lowest BCUT2D eigenvalue weighted by atomic mass is 9.73. The molecule has 1 aliphatic heterocycles. The van der Waals surface area contributed by atoms with Crippen LogP contribution in [0.25, 0.3) is 0 Å². The second-order valence-electron chi connectivity index (χ2n) is 9.29. The molecule has 1 unspecified atom stereocenters. The number of fused-ring (bicyclic) bond motifs is 1. The summed E-state index contributed by atoms with van der Waals surface area (Å²) in [5.74, 6) is 1.12. The third-order valence-corrected chi connectivity index (χ3v) is 6.56. The number of carbonyl (C=O) groups excluding carboxylic acids is 1. The fraction of sp³-hybridized carbons (Fsp3) is 0.320. The molecular weight excluding hydrogens is 459 g/mol. The lowest BCUT2D eigenvalue weighted by Gasteiger charge is -2.38. The summed E-state index contributed by atoms with van der Waals surface area (Å²) >= 11 is 6.12. The summed E-state index contributed by atoms with van der Waals surface area (Å²) in [6, 6.07) is 9.48. The standard InChI is InChI=1S/C25H24ClFN4O3/c1-25(2)10-18-22(19(32)11-25)23(31-24(30-18)28-13-29-31)14-7-8-20(21(9-14)33-3)34-12-15-16(26)5-4-6-17(15)27/h4-9,13,23H,10-12H2,1-3H3,(H,28,29,30). The molecule has 0 fully saturated rings. The zero-order valence-corrected chi connectivity index (χ0v) is 19.8. The van der Waals surface area contributed by atoms with Gasteiger partial charge in [-0.05, 0) is 41.7 Å². The molecule has 0 radical (unpaired) electrons. The van der Waals surface area contributed by atoms with E-state index in [1.807, 2.05) is 12.1 Å². The normalized spacial score (nSPS) is 18.7. The molecule has 5 rings (SSSR count). The van der Waals surface area contributed by atoms with Crippen molar-refractivity contribution in [3.8, 4) is 11.5 Å². The van der Waals surface area contributed by atoms with Crippen LogP contribution in [0.4, 0.5) is 10.3 Å². The molecule has 0 spiro atoms. The quantitative estimate of drug-likeness (QED) is 0.530. The number of halogens is 2. The molecule has 34 heavy (non-hydrogen) atoms. The van der Waals surface area contributed by atoms with Crippen LogP contribution in [0.15, 0.2) is 54.0 Å². The maximum absolute atomic E-state index is 14.1. The minimum atomic E-state index is -0.443. The fourth-order valence-electron chi connectivity index (χ4n) is 4.65. The summed E-state index contributed by atoms with van der Waals surface area (Å²) in [5.41, 5.74) is 2.50. The number of ether oxygens (including phenoxy) is 2. The van der Waals surface area contributed by atoms with Crippen LogP contribution in [0.5, 0.6) is 11.5 Å². The van der Waals surface area contributed by atoms with Gasteiger partial charge in [0.1, 0.15) is 24.8 Å². The molecule has 176 valence electrons. The van der Waals surface area contributed by atoms with Crippen LogP contribution in [0.1, 0.15) is 43.9 Å². The molecule has 1 aromatic heterocycles. The minimum Gasteiger partial charge on any atom is -0.493 e. The summed E-state index contributed by atoms with van der Waals surface area (Å²) in [4.78, 5) is 17.6. The highest BCUT2D eigenvalue weighted by Gasteiger charge is 2.41. The SMILES string of the molecule is COc1cc(C2C3=C(CC(C)(C)CC3=O)Nc3ncnn32)ccc1OCc1c(F)cccc1Cl. The largest absolute Gasteiger partial charge is 0.493 e. The van der Waals surface area contributed by atoms with Gasteiger partial charge in [-0.2, -0.15) is 10.1 Å². The van der Waals surface area contributed by atoms with E-state index in [-0.39, 0.29) is 23.4 Å². The Hall–Kier alpha value is -3.39. The molecule has 7 nitrogen and oxygen atoms in total. The van der Waals surface area contributed by atoms with Gasteiger partial charge in [0.25, 0.3) is 0 Å². The van der Waals surface area contributed by atoms with Gasteiger partial charge in [0.15, 0.2) is 17.3 Å². The molecule has 0 saturated carbocycles. The van der Waals surface area contributed by atoms with E-state index in [0.29, 0.717) is 34.5 Å². The molecule has 0 bridgehead atoms. The van der Waals surface area contributed by atoms with Crippen LogP contribution in [-0.4, -0.2) is 27.7 Å². The van der Waals surface area contributed by atoms with Crippen molar-refractivity contribution >= 4 is 23.3 Å². The molecule has 1 N–H and O–H groups in total. The van der Waals surface area contributed by atoms with Crippen molar-refractivity contribution < 1.29 is 18.7 Å². The summed E-state index contributed by atoms with van der Waals surface area (Å²) in [7, 11) is 1.53. The van der Waals surface area contributed by atoms with Crippen LogP contribution in [-0.2, 0) is 11.4 Å². The predicted octanol–water partition coefficient (Wildman–Crippen LogP) is 5.32. The van der Waals surface area contributed by atoms with Crippen molar-refractivity contribution in [3.05, 3.63) is 76.0 Å². The third-order valence-electron chi connectivity index (χ3n) is 6.21. The van der Waals surface area contributed by atoms with E-state index in [2.05, 4.69) is 29.2 Å². The summed E-state index contributed by atoms with van der Waals surface area (Å²) < 4.78 is 27.3. The van der Waals surface area contributed by atoms with Gasteiger partial charge in [0.05, 0.1) is 12.1 Å². The minimum absolute atomic E-state index is 0.0509. The monoisotopic (exact) mass is 482 g/mol. The Kier molecular flexibility index (Phi) is 5.56. The first kappa shape index (κ1) is 22.4. The molecular formula is C25H24ClFN4O3. The van der Waals surface area contributed by atoms with E-state index in [0.717, 1.165) is 17.7 Å². The first-order valence-electron chi connectivity index (χ1n) is 10.9. The Morgan fingerprint density at radius 1 is 1.24 bits per heavy atom. The number of hydrogen-bond donors (Lipinski definition) is 1. The maximum atomic E-state index is 14.1. The van der Waals surface area contributed by atoms with Crippen molar-refractivity contribution in [3.63, 3.8) is 0 Å². The lowest BCUT2D eigenvalue weighted by Crippen LogP contribution is -2.36. The number of anilines is 1. The Balaban J connectivity index is 1.51. The van der Waals surface area contributed by atoms with E-state index in [9.17, 15) is 9.18 Å². The first-order chi connectivity index (χ1) is 16.3. The number of methoxy groups -OCH3 is 1. The smallest absolute Gasteiger partial charge is 0.226 e. The second-order valence-corrected chi connectivity index (χ2v) is 9.70. The zero-order valence-electron chi connectivity index (χ0n) is 19.1. The van der Waals surface area contributed by atoms with Gasteiger partial charge in [-0.15, -0.1) is 0 Å². The highest BCUT2D eigenvalue weighted by atomic mass is 35.5. The molecule has 1 atom stereocenters. The molecule has 1 aliphatic carbocycles. The van der Waals surface area contributed by atoms with Crippen molar-refractivity contribution in [1.82, 2.24) is 14.8 Å². The predicted molar refractivity (Wildman–Crippen MR) is 126 cm³/mol. The van der Waals surface area contributed by atoms with Crippen molar-refractivity contribution in [1.29, 1.82) is 0 Å². The number of hydrogen-bond acceptors (Lipinski definition) is 6. The maximum Gasteiger partial charge on any atom is 0.226 e. The zero-order chi connectivity index (χ0) is 24.0. The fourth-order valence-corrected chi connectivity index (χ4v) is 4.87. The van der Waals surface area contributed by atoms with Gasteiger partial charge >= 0.3 is 0 Å². The molecule has 2 aliphatic rings. The average molecular weight is 483 g/mol. The van der Waals surface area contributed by atoms with Gasteiger partial charge in [0, 0.05) is 23.3 Å². The topological polar surface area (TPSA) is 78.3 Å². The van der Waals surface area contributed by atoms with E-state index < -0.39 is 11.9 Å². The van der Waals surface area contributed by atoms with Gasteiger partial charge in [-0.1, -0.05) is 37.6 Å². The summed E-state index contributed by atoms with van der Waals surface area (Å²) in [6.45, 7) is 4.12. The van der Waals surface area contributed by atoms with E-state index in [1.54, 1.807) is 22.9 Å². The van der Waals surface area contributed by atoms with Crippen molar-refractivity contribution in [2.45, 2.75) is 39.3 Å². The highest BCUT2D eigenvalue weighted by molar-refractivity contribution is 6.31. The molecule has 0 saturated heterocycles. The van der Waals surface area contributed by atoms with Crippen LogP contribution < -0.4 is 14.8 Å². The Labute approximate surface area is 201 Å². The third kappa shape index (κ3) is 3.92. The number of aromatic nitrogens is 3. The molecule has 3 aromatic rings. The average Bonchev–Trinajstić information content (AvgIpc) is 3.24. The Morgan fingerprint density at radius 3 is 2.82 bits per heavy atom. The lowest BCUT2D eigenvalue weighted by molar-refractivity contribution is -0.118. The highest BCUT2D eigenvalue weighted by Crippen LogP contribution is 2.46. The Bertz CT molecular complexity index is 1300. The van der Waals surface area contributed by atoms with Crippen LogP contribution >= 0.6 is 11.6 Å². The number of benzene rings is 2. The van der Waals surface area contributed by atoms with E-state index in [1.165, 1.54) is 19.5 Å². The molecule has 0 amide bonds. The number of nitrogens with zero attached hydrogens (tertiary/aromatic N) is 3.